The van der Waals surface area contributed by atoms with E-state index in [4.69, 9.17) is 19.2 Å². The molecule has 3 rings (SSSR count). The predicted molar refractivity (Wildman–Crippen MR) is 106 cm³/mol. The summed E-state index contributed by atoms with van der Waals surface area (Å²) >= 11 is 3.54. The van der Waals surface area contributed by atoms with E-state index in [1.165, 1.54) is 19.3 Å². The van der Waals surface area contributed by atoms with Gasteiger partial charge in [-0.25, -0.2) is 4.99 Å². The van der Waals surface area contributed by atoms with Crippen molar-refractivity contribution in [1.82, 2.24) is 10.6 Å². The van der Waals surface area contributed by atoms with Crippen LogP contribution in [0.15, 0.2) is 21.6 Å². The van der Waals surface area contributed by atoms with Crippen LogP contribution in [-0.2, 0) is 11.3 Å². The maximum Gasteiger partial charge on any atom is 0.231 e. The van der Waals surface area contributed by atoms with Gasteiger partial charge in [0.1, 0.15) is 0 Å². The van der Waals surface area contributed by atoms with Gasteiger partial charge in [-0.1, -0.05) is 6.42 Å². The lowest BCUT2D eigenvalue weighted by Gasteiger charge is -2.42. The Morgan fingerprint density at radius 2 is 2.15 bits per heavy atom. The molecular weight excluding hydrogens is 398 g/mol. The van der Waals surface area contributed by atoms with Gasteiger partial charge in [-0.05, 0) is 65.2 Å². The van der Waals surface area contributed by atoms with Gasteiger partial charge in [0.05, 0.1) is 11.0 Å². The fourth-order valence-electron chi connectivity index (χ4n) is 3.41. The van der Waals surface area contributed by atoms with Crippen molar-refractivity contribution in [1.29, 1.82) is 0 Å². The van der Waals surface area contributed by atoms with Crippen LogP contribution in [0.3, 0.4) is 0 Å². The number of nitrogens with one attached hydrogen (secondary N) is 2. The van der Waals surface area contributed by atoms with Crippen LogP contribution in [0, 0.1) is 5.41 Å². The number of nitrogens with zero attached hydrogens (tertiary/aromatic N) is 1. The minimum Gasteiger partial charge on any atom is -0.454 e. The molecule has 1 saturated carbocycles. The van der Waals surface area contributed by atoms with E-state index in [0.29, 0.717) is 12.0 Å². The summed E-state index contributed by atoms with van der Waals surface area (Å²) in [6.45, 7) is 5.53. The van der Waals surface area contributed by atoms with Gasteiger partial charge in [0.15, 0.2) is 17.5 Å². The maximum atomic E-state index is 5.48. The molecule has 26 heavy (non-hydrogen) atoms. The van der Waals surface area contributed by atoms with Crippen molar-refractivity contribution in [2.75, 3.05) is 33.6 Å². The van der Waals surface area contributed by atoms with Crippen molar-refractivity contribution in [3.05, 3.63) is 22.2 Å². The second kappa shape index (κ2) is 8.95. The molecular formula is C19H28BrN3O3. The summed E-state index contributed by atoms with van der Waals surface area (Å²) in [5.74, 6) is 2.40. The first-order valence-electron chi connectivity index (χ1n) is 9.25. The summed E-state index contributed by atoms with van der Waals surface area (Å²) in [4.78, 5) is 4.74. The first-order valence-corrected chi connectivity index (χ1v) is 10.0. The van der Waals surface area contributed by atoms with Crippen molar-refractivity contribution in [2.45, 2.75) is 39.2 Å². The Hall–Kier alpha value is -1.47. The lowest BCUT2D eigenvalue weighted by molar-refractivity contribution is 0.0732. The standard InChI is InChI=1S/C19H28BrN3O3/c1-3-21-18(23-12-19(5-4-6-19)7-8-24-2)22-11-14-9-15(20)17-16(10-14)25-13-26-17/h9-10H,3-8,11-13H2,1-2H3,(H2,21,22,23). The number of aliphatic imine (C=N–C) groups is 1. The van der Waals surface area contributed by atoms with Gasteiger partial charge in [-0.15, -0.1) is 0 Å². The average molecular weight is 426 g/mol. The van der Waals surface area contributed by atoms with Crippen LogP contribution in [-0.4, -0.2) is 39.6 Å². The molecule has 1 fully saturated rings. The van der Waals surface area contributed by atoms with Gasteiger partial charge >= 0.3 is 0 Å². The van der Waals surface area contributed by atoms with E-state index in [2.05, 4.69) is 33.5 Å². The zero-order chi connectivity index (χ0) is 18.4. The zero-order valence-corrected chi connectivity index (χ0v) is 17.2. The lowest BCUT2D eigenvalue weighted by atomic mass is 9.67. The summed E-state index contributed by atoms with van der Waals surface area (Å²) in [6, 6.07) is 4.03. The highest BCUT2D eigenvalue weighted by atomic mass is 79.9. The first kappa shape index (κ1) is 19.3. The number of benzene rings is 1. The van der Waals surface area contributed by atoms with Crippen LogP contribution in [0.2, 0.25) is 0 Å². The van der Waals surface area contributed by atoms with E-state index in [9.17, 15) is 0 Å². The Balaban J connectivity index is 1.61. The molecule has 1 heterocycles. The topological polar surface area (TPSA) is 64.1 Å². The Bertz CT molecular complexity index is 647. The summed E-state index contributed by atoms with van der Waals surface area (Å²) in [5.41, 5.74) is 1.43. The number of guanidine groups is 1. The molecule has 0 saturated heterocycles. The van der Waals surface area contributed by atoms with Crippen LogP contribution in [0.4, 0.5) is 0 Å². The smallest absolute Gasteiger partial charge is 0.231 e. The molecule has 0 unspecified atom stereocenters. The van der Waals surface area contributed by atoms with Gasteiger partial charge < -0.3 is 24.8 Å². The first-order chi connectivity index (χ1) is 12.7. The molecule has 0 spiro atoms. The lowest BCUT2D eigenvalue weighted by Crippen LogP contribution is -2.46. The summed E-state index contributed by atoms with van der Waals surface area (Å²) < 4.78 is 17.1. The van der Waals surface area contributed by atoms with E-state index in [0.717, 1.165) is 53.6 Å². The van der Waals surface area contributed by atoms with Crippen molar-refractivity contribution in [2.24, 2.45) is 10.4 Å². The van der Waals surface area contributed by atoms with Gasteiger partial charge in [0.25, 0.3) is 0 Å². The predicted octanol–water partition coefficient (Wildman–Crippen LogP) is 3.44. The largest absolute Gasteiger partial charge is 0.454 e. The molecule has 2 aliphatic rings. The number of rotatable bonds is 8. The van der Waals surface area contributed by atoms with Crippen molar-refractivity contribution < 1.29 is 14.2 Å². The number of hydrogen-bond acceptors (Lipinski definition) is 4. The highest BCUT2D eigenvalue weighted by Gasteiger charge is 2.36. The van der Waals surface area contributed by atoms with Crippen LogP contribution < -0.4 is 20.1 Å². The number of ether oxygens (including phenoxy) is 3. The SMILES string of the molecule is CCNC(=NCc1cc(Br)c2c(c1)OCO2)NCC1(CCOC)CCC1. The van der Waals surface area contributed by atoms with Crippen LogP contribution in [0.5, 0.6) is 11.5 Å². The van der Waals surface area contributed by atoms with Gasteiger partial charge in [-0.2, -0.15) is 0 Å². The van der Waals surface area contributed by atoms with E-state index in [1.807, 2.05) is 12.1 Å². The normalized spacial score (nSPS) is 17.7. The van der Waals surface area contributed by atoms with E-state index in [1.54, 1.807) is 7.11 Å². The highest BCUT2D eigenvalue weighted by molar-refractivity contribution is 9.10. The second-order valence-electron chi connectivity index (χ2n) is 6.96. The second-order valence-corrected chi connectivity index (χ2v) is 7.81. The zero-order valence-electron chi connectivity index (χ0n) is 15.6. The Labute approximate surface area is 163 Å². The number of fused-ring (bicyclic) bond motifs is 1. The van der Waals surface area contributed by atoms with Crippen LogP contribution in [0.25, 0.3) is 0 Å². The Morgan fingerprint density at radius 1 is 1.31 bits per heavy atom. The Morgan fingerprint density at radius 3 is 2.85 bits per heavy atom. The third kappa shape index (κ3) is 4.62. The van der Waals surface area contributed by atoms with Gasteiger partial charge in [-0.3, -0.25) is 0 Å². The number of halogens is 1. The third-order valence-corrected chi connectivity index (χ3v) is 5.72. The van der Waals surface area contributed by atoms with Crippen LogP contribution >= 0.6 is 15.9 Å². The maximum absolute atomic E-state index is 5.48. The quantitative estimate of drug-likeness (QED) is 0.493. The molecule has 1 aromatic carbocycles. The molecule has 0 aromatic heterocycles. The number of hydrogen-bond donors (Lipinski definition) is 2. The van der Waals surface area contributed by atoms with Crippen molar-refractivity contribution in [3.8, 4) is 11.5 Å². The van der Waals surface area contributed by atoms with E-state index in [-0.39, 0.29) is 6.79 Å². The molecule has 6 nitrogen and oxygen atoms in total. The molecule has 7 heteroatoms. The van der Waals surface area contributed by atoms with Gasteiger partial charge in [0.2, 0.25) is 6.79 Å². The highest BCUT2D eigenvalue weighted by Crippen LogP contribution is 2.43. The van der Waals surface area contributed by atoms with Gasteiger partial charge in [0, 0.05) is 26.8 Å². The summed E-state index contributed by atoms with van der Waals surface area (Å²) in [7, 11) is 1.77. The molecule has 0 bridgehead atoms. The molecule has 0 radical (unpaired) electrons. The molecule has 144 valence electrons. The van der Waals surface area contributed by atoms with Crippen molar-refractivity contribution >= 4 is 21.9 Å². The molecule has 2 N–H and O–H groups in total. The van der Waals surface area contributed by atoms with Crippen molar-refractivity contribution in [3.63, 3.8) is 0 Å². The summed E-state index contributed by atoms with van der Waals surface area (Å²) in [6.07, 6.45) is 4.94. The summed E-state index contributed by atoms with van der Waals surface area (Å²) in [5, 5.41) is 6.86. The average Bonchev–Trinajstić information content (AvgIpc) is 3.07. The minimum atomic E-state index is 0.272. The fourth-order valence-corrected chi connectivity index (χ4v) is 4.01. The molecule has 0 amide bonds. The van der Waals surface area contributed by atoms with E-state index < -0.39 is 0 Å². The minimum absolute atomic E-state index is 0.272. The Kier molecular flexibility index (Phi) is 6.64. The molecule has 1 aromatic rings. The monoisotopic (exact) mass is 425 g/mol. The van der Waals surface area contributed by atoms with E-state index >= 15 is 0 Å². The fraction of sp³-hybridized carbons (Fsp3) is 0.632. The number of methoxy groups -OCH3 is 1. The van der Waals surface area contributed by atoms with Crippen LogP contribution in [0.1, 0.15) is 38.2 Å². The molecule has 1 aliphatic heterocycles. The molecule has 1 aliphatic carbocycles. The molecule has 0 atom stereocenters. The third-order valence-electron chi connectivity index (χ3n) is 5.13.